The number of para-hydroxylation sites is 1. The lowest BCUT2D eigenvalue weighted by Gasteiger charge is -2.18. The van der Waals surface area contributed by atoms with Gasteiger partial charge in [-0.1, -0.05) is 18.2 Å². The van der Waals surface area contributed by atoms with Gasteiger partial charge in [-0.3, -0.25) is 9.59 Å². The maximum Gasteiger partial charge on any atom is 0.339 e. The molecule has 3 aromatic carbocycles. The van der Waals surface area contributed by atoms with Crippen LogP contribution in [-0.2, 0) is 9.53 Å². The van der Waals surface area contributed by atoms with Crippen LogP contribution in [0.1, 0.15) is 34.6 Å². The van der Waals surface area contributed by atoms with Gasteiger partial charge < -0.3 is 15.0 Å². The van der Waals surface area contributed by atoms with Crippen molar-refractivity contribution in [3.63, 3.8) is 0 Å². The third-order valence-corrected chi connectivity index (χ3v) is 5.88. The molecule has 1 heterocycles. The molecule has 0 atom stereocenters. The molecule has 4 aromatic rings. The SMILES string of the molecule is CCN(CC)C(=O)c1ccc(NC(=O)COC(=O)c2cc(-c3ccc(F)cc3)nc3ccccc23)cc1. The van der Waals surface area contributed by atoms with Crippen molar-refractivity contribution >= 4 is 34.4 Å². The zero-order valence-corrected chi connectivity index (χ0v) is 20.5. The van der Waals surface area contributed by atoms with Gasteiger partial charge in [0.25, 0.3) is 11.8 Å². The quantitative estimate of drug-likeness (QED) is 0.332. The lowest BCUT2D eigenvalue weighted by molar-refractivity contribution is -0.119. The molecular weight excluding hydrogens is 473 g/mol. The first-order valence-corrected chi connectivity index (χ1v) is 11.9. The Balaban J connectivity index is 1.45. The number of ether oxygens (including phenoxy) is 1. The number of halogens is 1. The minimum Gasteiger partial charge on any atom is -0.452 e. The van der Waals surface area contributed by atoms with E-state index in [-0.39, 0.29) is 17.3 Å². The van der Waals surface area contributed by atoms with E-state index in [1.54, 1.807) is 71.6 Å². The van der Waals surface area contributed by atoms with Gasteiger partial charge in [0.05, 0.1) is 16.8 Å². The number of pyridine rings is 1. The first-order chi connectivity index (χ1) is 17.9. The lowest BCUT2D eigenvalue weighted by atomic mass is 10.0. The maximum absolute atomic E-state index is 13.4. The molecule has 2 amide bonds. The van der Waals surface area contributed by atoms with E-state index >= 15 is 0 Å². The molecule has 0 aliphatic rings. The molecule has 37 heavy (non-hydrogen) atoms. The number of hydrogen-bond donors (Lipinski definition) is 1. The molecule has 1 N–H and O–H groups in total. The van der Waals surface area contributed by atoms with Crippen molar-refractivity contribution < 1.29 is 23.5 Å². The van der Waals surface area contributed by atoms with Crippen molar-refractivity contribution in [1.29, 1.82) is 0 Å². The first-order valence-electron chi connectivity index (χ1n) is 11.9. The van der Waals surface area contributed by atoms with E-state index in [0.29, 0.717) is 46.5 Å². The van der Waals surface area contributed by atoms with Crippen LogP contribution in [-0.4, -0.2) is 47.4 Å². The summed E-state index contributed by atoms with van der Waals surface area (Å²) in [5, 5.41) is 3.24. The van der Waals surface area contributed by atoms with E-state index < -0.39 is 18.5 Å². The lowest BCUT2D eigenvalue weighted by Crippen LogP contribution is -2.30. The number of carbonyl (C=O) groups is 3. The zero-order valence-electron chi connectivity index (χ0n) is 20.5. The number of fused-ring (bicyclic) bond motifs is 1. The highest BCUT2D eigenvalue weighted by molar-refractivity contribution is 6.05. The second-order valence-electron chi connectivity index (χ2n) is 8.26. The van der Waals surface area contributed by atoms with Crippen LogP contribution in [0.25, 0.3) is 22.2 Å². The van der Waals surface area contributed by atoms with Crippen molar-refractivity contribution in [3.05, 3.63) is 95.8 Å². The van der Waals surface area contributed by atoms with Gasteiger partial charge in [0.15, 0.2) is 6.61 Å². The number of amides is 2. The highest BCUT2D eigenvalue weighted by atomic mass is 19.1. The molecule has 4 rings (SSSR count). The number of nitrogens with one attached hydrogen (secondary N) is 1. The molecule has 1 aromatic heterocycles. The van der Waals surface area contributed by atoms with E-state index in [0.717, 1.165) is 0 Å². The topological polar surface area (TPSA) is 88.6 Å². The number of anilines is 1. The number of rotatable bonds is 8. The van der Waals surface area contributed by atoms with Gasteiger partial charge in [0, 0.05) is 35.3 Å². The Labute approximate surface area is 213 Å². The Hall–Kier alpha value is -4.59. The smallest absolute Gasteiger partial charge is 0.339 e. The van der Waals surface area contributed by atoms with Crippen LogP contribution < -0.4 is 5.32 Å². The van der Waals surface area contributed by atoms with E-state index in [4.69, 9.17) is 4.74 Å². The van der Waals surface area contributed by atoms with Crippen LogP contribution in [0, 0.1) is 5.82 Å². The predicted octanol–water partition coefficient (Wildman–Crippen LogP) is 5.32. The summed E-state index contributed by atoms with van der Waals surface area (Å²) in [6, 6.07) is 21.0. The average Bonchev–Trinajstić information content (AvgIpc) is 2.92. The summed E-state index contributed by atoms with van der Waals surface area (Å²) in [4.78, 5) is 44.1. The third kappa shape index (κ3) is 5.98. The second-order valence-corrected chi connectivity index (χ2v) is 8.26. The Morgan fingerprint density at radius 2 is 1.59 bits per heavy atom. The molecule has 0 aliphatic carbocycles. The zero-order chi connectivity index (χ0) is 26.4. The predicted molar refractivity (Wildman–Crippen MR) is 140 cm³/mol. The standard InChI is InChI=1S/C29H26FN3O4/c1-3-33(4-2)28(35)20-11-15-22(16-12-20)31-27(34)18-37-29(36)24-17-26(19-9-13-21(30)14-10-19)32-25-8-6-5-7-23(24)25/h5-17H,3-4,18H2,1-2H3,(H,31,34). The molecular formula is C29H26FN3O4. The number of hydrogen-bond acceptors (Lipinski definition) is 5. The molecule has 0 saturated heterocycles. The van der Waals surface area contributed by atoms with Gasteiger partial charge in [-0.2, -0.15) is 0 Å². The fraction of sp³-hybridized carbons (Fsp3) is 0.172. The largest absolute Gasteiger partial charge is 0.452 e. The molecule has 188 valence electrons. The summed E-state index contributed by atoms with van der Waals surface area (Å²) < 4.78 is 18.7. The Morgan fingerprint density at radius 1 is 0.919 bits per heavy atom. The fourth-order valence-electron chi connectivity index (χ4n) is 3.91. The molecule has 0 unspecified atom stereocenters. The molecule has 7 nitrogen and oxygen atoms in total. The molecule has 8 heteroatoms. The van der Waals surface area contributed by atoms with Gasteiger partial charge in [0.1, 0.15) is 5.82 Å². The molecule has 0 fully saturated rings. The van der Waals surface area contributed by atoms with Gasteiger partial charge in [-0.25, -0.2) is 14.2 Å². The van der Waals surface area contributed by atoms with Crippen LogP contribution in [0.2, 0.25) is 0 Å². The molecule has 0 bridgehead atoms. The minimum absolute atomic E-state index is 0.0820. The number of carbonyl (C=O) groups excluding carboxylic acids is 3. The van der Waals surface area contributed by atoms with Crippen LogP contribution in [0.3, 0.4) is 0 Å². The normalized spacial score (nSPS) is 10.7. The summed E-state index contributed by atoms with van der Waals surface area (Å²) in [7, 11) is 0. The summed E-state index contributed by atoms with van der Waals surface area (Å²) in [6.07, 6.45) is 0. The van der Waals surface area contributed by atoms with Crippen molar-refractivity contribution in [3.8, 4) is 11.3 Å². The summed E-state index contributed by atoms with van der Waals surface area (Å²) >= 11 is 0. The third-order valence-electron chi connectivity index (χ3n) is 5.88. The number of nitrogens with zero attached hydrogens (tertiary/aromatic N) is 2. The fourth-order valence-corrected chi connectivity index (χ4v) is 3.91. The highest BCUT2D eigenvalue weighted by Crippen LogP contribution is 2.25. The van der Waals surface area contributed by atoms with Crippen LogP contribution >= 0.6 is 0 Å². The Morgan fingerprint density at radius 3 is 2.27 bits per heavy atom. The average molecular weight is 500 g/mol. The highest BCUT2D eigenvalue weighted by Gasteiger charge is 2.17. The first kappa shape index (κ1) is 25.5. The molecule has 0 aliphatic heterocycles. The Kier molecular flexibility index (Phi) is 7.88. The van der Waals surface area contributed by atoms with Crippen molar-refractivity contribution in [2.24, 2.45) is 0 Å². The number of esters is 1. The van der Waals surface area contributed by atoms with E-state index in [1.807, 2.05) is 13.8 Å². The van der Waals surface area contributed by atoms with E-state index in [1.165, 1.54) is 12.1 Å². The van der Waals surface area contributed by atoms with Gasteiger partial charge in [-0.15, -0.1) is 0 Å². The van der Waals surface area contributed by atoms with E-state index in [9.17, 15) is 18.8 Å². The van der Waals surface area contributed by atoms with Crippen molar-refractivity contribution in [2.75, 3.05) is 25.0 Å². The second kappa shape index (κ2) is 11.4. The van der Waals surface area contributed by atoms with Gasteiger partial charge >= 0.3 is 5.97 Å². The van der Waals surface area contributed by atoms with E-state index in [2.05, 4.69) is 10.3 Å². The summed E-state index contributed by atoms with van der Waals surface area (Å²) in [6.45, 7) is 4.54. The number of aromatic nitrogens is 1. The van der Waals surface area contributed by atoms with Gasteiger partial charge in [-0.05, 0) is 74.5 Å². The van der Waals surface area contributed by atoms with Crippen molar-refractivity contribution in [1.82, 2.24) is 9.88 Å². The van der Waals surface area contributed by atoms with Crippen LogP contribution in [0.15, 0.2) is 78.9 Å². The van der Waals surface area contributed by atoms with Crippen molar-refractivity contribution in [2.45, 2.75) is 13.8 Å². The summed E-state index contributed by atoms with van der Waals surface area (Å²) in [5.74, 6) is -1.66. The molecule has 0 radical (unpaired) electrons. The summed E-state index contributed by atoms with van der Waals surface area (Å²) in [5.41, 5.74) is 2.94. The monoisotopic (exact) mass is 499 g/mol. The van der Waals surface area contributed by atoms with Crippen LogP contribution in [0.5, 0.6) is 0 Å². The molecule has 0 spiro atoms. The van der Waals surface area contributed by atoms with Gasteiger partial charge in [0.2, 0.25) is 0 Å². The molecule has 0 saturated carbocycles. The van der Waals surface area contributed by atoms with Crippen LogP contribution in [0.4, 0.5) is 10.1 Å². The maximum atomic E-state index is 13.4. The minimum atomic E-state index is -0.683. The Bertz CT molecular complexity index is 1430. The number of benzene rings is 3.